The molecule has 0 unspecified atom stereocenters. The molecule has 1 saturated carbocycles. The molecule has 180 valence electrons. The maximum Gasteiger partial charge on any atom is 0.296 e. The van der Waals surface area contributed by atoms with Crippen molar-refractivity contribution >= 4 is 11.7 Å². The molecular weight excluding hydrogens is 454 g/mol. The monoisotopic (exact) mass is 478 g/mol. The van der Waals surface area contributed by atoms with E-state index in [-0.39, 0.29) is 35.5 Å². The standard InChI is InChI=1S/C25H24F2N6O2/c1-33-13-18(12-31-33)19-10-20(19)24(34)32-23-9-16(4-7-30-23)15-2-3-21(17(8-15)11-28)35-22-5-6-29-14-25(22,26)27/h2-4,7-9,12-13,19-20,22,29H,5-6,10,14H2,1H3,(H,30,32,34)/t19-,20+,22-/m0/s1. The molecular formula is C25H24F2N6O2. The Hall–Kier alpha value is -3.84. The van der Waals surface area contributed by atoms with Gasteiger partial charge in [0.25, 0.3) is 5.92 Å². The number of rotatable bonds is 6. The lowest BCUT2D eigenvalue weighted by molar-refractivity contribution is -0.117. The van der Waals surface area contributed by atoms with Gasteiger partial charge in [0.05, 0.1) is 18.3 Å². The molecule has 1 amide bonds. The molecule has 8 nitrogen and oxygen atoms in total. The second kappa shape index (κ2) is 9.07. The molecule has 0 spiro atoms. The molecule has 10 heteroatoms. The molecule has 3 atom stereocenters. The number of benzene rings is 1. The Kier molecular flexibility index (Phi) is 5.94. The van der Waals surface area contributed by atoms with Crippen molar-refractivity contribution in [2.24, 2.45) is 13.0 Å². The van der Waals surface area contributed by atoms with Crippen LogP contribution in [0.25, 0.3) is 11.1 Å². The van der Waals surface area contributed by atoms with Crippen molar-refractivity contribution < 1.29 is 18.3 Å². The second-order valence-corrected chi connectivity index (χ2v) is 8.97. The number of amides is 1. The van der Waals surface area contributed by atoms with Crippen LogP contribution in [0.3, 0.4) is 0 Å². The van der Waals surface area contributed by atoms with E-state index in [9.17, 15) is 18.8 Å². The Balaban J connectivity index is 1.29. The highest BCUT2D eigenvalue weighted by Crippen LogP contribution is 2.47. The fourth-order valence-corrected chi connectivity index (χ4v) is 4.39. The Morgan fingerprint density at radius 3 is 2.89 bits per heavy atom. The van der Waals surface area contributed by atoms with Gasteiger partial charge in [-0.05, 0) is 59.8 Å². The third-order valence-corrected chi connectivity index (χ3v) is 6.41. The number of halogens is 2. The summed E-state index contributed by atoms with van der Waals surface area (Å²) in [7, 11) is 1.84. The lowest BCUT2D eigenvalue weighted by Crippen LogP contribution is -2.52. The average molecular weight is 479 g/mol. The summed E-state index contributed by atoms with van der Waals surface area (Å²) in [6.07, 6.45) is 4.90. The average Bonchev–Trinajstić information content (AvgIpc) is 3.54. The molecule has 35 heavy (non-hydrogen) atoms. The molecule has 3 heterocycles. The van der Waals surface area contributed by atoms with Gasteiger partial charge in [-0.25, -0.2) is 13.8 Å². The number of piperidine rings is 1. The quantitative estimate of drug-likeness (QED) is 0.562. The van der Waals surface area contributed by atoms with Crippen molar-refractivity contribution in [3.8, 4) is 22.9 Å². The van der Waals surface area contributed by atoms with Gasteiger partial charge in [0, 0.05) is 31.8 Å². The third-order valence-electron chi connectivity index (χ3n) is 6.41. The zero-order valence-electron chi connectivity index (χ0n) is 19.0. The summed E-state index contributed by atoms with van der Waals surface area (Å²) in [5.74, 6) is -2.56. The summed E-state index contributed by atoms with van der Waals surface area (Å²) in [5, 5.41) is 19.3. The summed E-state index contributed by atoms with van der Waals surface area (Å²) in [5.41, 5.74) is 2.62. The number of pyridine rings is 1. The molecule has 2 aromatic heterocycles. The van der Waals surface area contributed by atoms with E-state index in [2.05, 4.69) is 20.7 Å². The number of carbonyl (C=O) groups is 1. The van der Waals surface area contributed by atoms with Crippen molar-refractivity contribution in [2.75, 3.05) is 18.4 Å². The number of nitriles is 1. The first-order chi connectivity index (χ1) is 16.8. The fraction of sp³-hybridized carbons (Fsp3) is 0.360. The highest BCUT2D eigenvalue weighted by molar-refractivity contribution is 5.95. The number of hydrogen-bond donors (Lipinski definition) is 2. The zero-order chi connectivity index (χ0) is 24.6. The minimum atomic E-state index is -3.01. The predicted octanol–water partition coefficient (Wildman–Crippen LogP) is 3.47. The minimum Gasteiger partial charge on any atom is -0.483 e. The van der Waals surface area contributed by atoms with E-state index in [0.29, 0.717) is 17.9 Å². The van der Waals surface area contributed by atoms with Crippen molar-refractivity contribution in [3.63, 3.8) is 0 Å². The molecule has 2 fully saturated rings. The molecule has 0 radical (unpaired) electrons. The second-order valence-electron chi connectivity index (χ2n) is 8.97. The van der Waals surface area contributed by atoms with Crippen LogP contribution >= 0.6 is 0 Å². The van der Waals surface area contributed by atoms with E-state index in [1.54, 1.807) is 41.3 Å². The summed E-state index contributed by atoms with van der Waals surface area (Å²) in [6, 6.07) is 10.3. The minimum absolute atomic E-state index is 0.104. The lowest BCUT2D eigenvalue weighted by atomic mass is 10.0. The van der Waals surface area contributed by atoms with Crippen LogP contribution in [0, 0.1) is 17.2 Å². The molecule has 3 aromatic rings. The maximum absolute atomic E-state index is 14.1. The molecule has 2 aliphatic rings. The number of aryl methyl sites for hydroxylation is 1. The Bertz CT molecular complexity index is 1300. The van der Waals surface area contributed by atoms with Crippen LogP contribution in [0.1, 0.15) is 29.9 Å². The van der Waals surface area contributed by atoms with Crippen molar-refractivity contribution in [1.29, 1.82) is 5.26 Å². The first-order valence-corrected chi connectivity index (χ1v) is 11.4. The highest BCUT2D eigenvalue weighted by Gasteiger charge is 2.45. The van der Waals surface area contributed by atoms with Gasteiger partial charge in [0.1, 0.15) is 17.6 Å². The van der Waals surface area contributed by atoms with Crippen LogP contribution in [0.5, 0.6) is 5.75 Å². The van der Waals surface area contributed by atoms with Gasteiger partial charge < -0.3 is 15.4 Å². The van der Waals surface area contributed by atoms with Gasteiger partial charge in [-0.3, -0.25) is 9.48 Å². The van der Waals surface area contributed by atoms with Gasteiger partial charge in [0.2, 0.25) is 5.91 Å². The zero-order valence-corrected chi connectivity index (χ0v) is 19.0. The predicted molar refractivity (Wildman–Crippen MR) is 124 cm³/mol. The van der Waals surface area contributed by atoms with E-state index in [0.717, 1.165) is 17.5 Å². The van der Waals surface area contributed by atoms with Gasteiger partial charge in [0.15, 0.2) is 6.10 Å². The Morgan fingerprint density at radius 2 is 2.14 bits per heavy atom. The van der Waals surface area contributed by atoms with E-state index in [1.165, 1.54) is 6.07 Å². The molecule has 1 saturated heterocycles. The smallest absolute Gasteiger partial charge is 0.296 e. The number of anilines is 1. The maximum atomic E-state index is 14.1. The number of aromatic nitrogens is 3. The number of hydrogen-bond acceptors (Lipinski definition) is 6. The van der Waals surface area contributed by atoms with Gasteiger partial charge in [-0.1, -0.05) is 6.07 Å². The van der Waals surface area contributed by atoms with Gasteiger partial charge >= 0.3 is 0 Å². The van der Waals surface area contributed by atoms with Gasteiger partial charge in [-0.2, -0.15) is 10.4 Å². The van der Waals surface area contributed by atoms with E-state index in [4.69, 9.17) is 4.74 Å². The molecule has 1 aromatic carbocycles. The summed E-state index contributed by atoms with van der Waals surface area (Å²) < 4.78 is 35.6. The summed E-state index contributed by atoms with van der Waals surface area (Å²) >= 11 is 0. The van der Waals surface area contributed by atoms with Crippen LogP contribution in [0.15, 0.2) is 48.9 Å². The van der Waals surface area contributed by atoms with Crippen molar-refractivity contribution in [2.45, 2.75) is 30.8 Å². The first kappa shape index (κ1) is 22.9. The molecule has 0 bridgehead atoms. The fourth-order valence-electron chi connectivity index (χ4n) is 4.39. The van der Waals surface area contributed by atoms with Crippen LogP contribution in [0.2, 0.25) is 0 Å². The SMILES string of the molecule is Cn1cc([C@@H]2C[C@H]2C(=O)Nc2cc(-c3ccc(O[C@H]4CCNCC4(F)F)c(C#N)c3)ccn2)cn1. The summed E-state index contributed by atoms with van der Waals surface area (Å²) in [6.45, 7) is -0.0252. The van der Waals surface area contributed by atoms with Gasteiger partial charge in [-0.15, -0.1) is 0 Å². The largest absolute Gasteiger partial charge is 0.483 e. The Morgan fingerprint density at radius 1 is 1.31 bits per heavy atom. The topological polar surface area (TPSA) is 105 Å². The van der Waals surface area contributed by atoms with E-state index >= 15 is 0 Å². The summed E-state index contributed by atoms with van der Waals surface area (Å²) in [4.78, 5) is 16.9. The Labute approximate surface area is 200 Å². The van der Waals surface area contributed by atoms with Crippen molar-refractivity contribution in [1.82, 2.24) is 20.1 Å². The number of nitrogens with one attached hydrogen (secondary N) is 2. The number of nitrogens with zero attached hydrogens (tertiary/aromatic N) is 4. The molecule has 2 N–H and O–H groups in total. The van der Waals surface area contributed by atoms with Crippen LogP contribution < -0.4 is 15.4 Å². The van der Waals surface area contributed by atoms with Crippen molar-refractivity contribution in [3.05, 3.63) is 60.0 Å². The molecule has 1 aliphatic heterocycles. The van der Waals surface area contributed by atoms with E-state index < -0.39 is 18.6 Å². The lowest BCUT2D eigenvalue weighted by Gasteiger charge is -2.32. The van der Waals surface area contributed by atoms with Crippen LogP contribution in [-0.4, -0.2) is 45.8 Å². The molecule has 5 rings (SSSR count). The van der Waals surface area contributed by atoms with E-state index in [1.807, 2.05) is 19.3 Å². The van der Waals surface area contributed by atoms with Crippen LogP contribution in [-0.2, 0) is 11.8 Å². The normalized spacial score (nSPS) is 22.7. The third kappa shape index (κ3) is 4.86. The molecule has 1 aliphatic carbocycles. The first-order valence-electron chi connectivity index (χ1n) is 11.4. The van der Waals surface area contributed by atoms with Crippen LogP contribution in [0.4, 0.5) is 14.6 Å². The highest BCUT2D eigenvalue weighted by atomic mass is 19.3. The number of carbonyl (C=O) groups excluding carboxylic acids is 1. The number of ether oxygens (including phenoxy) is 1. The number of alkyl halides is 2.